The van der Waals surface area contributed by atoms with E-state index < -0.39 is 5.79 Å². The number of amides is 1. The molecule has 8 heteroatoms. The molecule has 2 unspecified atom stereocenters. The second-order valence-electron chi connectivity index (χ2n) is 6.98. The lowest BCUT2D eigenvalue weighted by molar-refractivity contribution is -0.189. The zero-order valence-electron chi connectivity index (χ0n) is 15.0. The summed E-state index contributed by atoms with van der Waals surface area (Å²) in [4.78, 5) is 14.7. The molecule has 0 bridgehead atoms. The van der Waals surface area contributed by atoms with Crippen molar-refractivity contribution in [2.75, 3.05) is 27.3 Å². The molecule has 1 aromatic carbocycles. The minimum absolute atomic E-state index is 0. The third kappa shape index (κ3) is 5.03. The fourth-order valence-electron chi connectivity index (χ4n) is 3.76. The summed E-state index contributed by atoms with van der Waals surface area (Å²) in [7, 11) is 4.08. The lowest BCUT2D eigenvalue weighted by Crippen LogP contribution is -2.57. The molecule has 0 aromatic heterocycles. The second-order valence-corrected chi connectivity index (χ2v) is 7.80. The molecule has 2 aliphatic rings. The number of carbonyl (C=O) groups excluding carboxylic acids is 1. The van der Waals surface area contributed by atoms with Crippen molar-refractivity contribution in [3.05, 3.63) is 33.8 Å². The van der Waals surface area contributed by atoms with Crippen LogP contribution in [0.1, 0.15) is 24.8 Å². The summed E-state index contributed by atoms with van der Waals surface area (Å²) in [5.41, 5.74) is 0.840. The Bertz CT molecular complexity index is 636. The van der Waals surface area contributed by atoms with E-state index in [1.165, 1.54) is 0 Å². The van der Waals surface area contributed by atoms with Crippen molar-refractivity contribution in [3.8, 4) is 0 Å². The molecular weight excluding hydrogens is 399 g/mol. The monoisotopic (exact) mass is 422 g/mol. The van der Waals surface area contributed by atoms with Crippen LogP contribution in [0.4, 0.5) is 0 Å². The first-order chi connectivity index (χ1) is 11.9. The predicted molar refractivity (Wildman–Crippen MR) is 105 cm³/mol. The second kappa shape index (κ2) is 9.09. The minimum Gasteiger partial charge on any atom is -0.351 e. The fourth-order valence-corrected chi connectivity index (χ4v) is 4.08. The Morgan fingerprint density at radius 1 is 1.27 bits per heavy atom. The van der Waals surface area contributed by atoms with Gasteiger partial charge in [0.05, 0.1) is 29.7 Å². The molecule has 1 aliphatic heterocycles. The zero-order chi connectivity index (χ0) is 18.0. The van der Waals surface area contributed by atoms with E-state index in [2.05, 4.69) is 10.2 Å². The number of nitrogens with zero attached hydrogens (tertiary/aromatic N) is 1. The van der Waals surface area contributed by atoms with Crippen molar-refractivity contribution in [1.82, 2.24) is 10.2 Å². The number of nitrogens with one attached hydrogen (secondary N) is 1. The van der Waals surface area contributed by atoms with Gasteiger partial charge in [0.2, 0.25) is 5.91 Å². The average Bonchev–Trinajstić information content (AvgIpc) is 2.98. The summed E-state index contributed by atoms with van der Waals surface area (Å²) in [5, 5.41) is 4.12. The van der Waals surface area contributed by atoms with E-state index in [0.29, 0.717) is 29.7 Å². The highest BCUT2D eigenvalue weighted by atomic mass is 35.5. The average molecular weight is 424 g/mol. The van der Waals surface area contributed by atoms with Crippen LogP contribution in [0.3, 0.4) is 0 Å². The van der Waals surface area contributed by atoms with E-state index in [0.717, 1.165) is 18.4 Å². The maximum Gasteiger partial charge on any atom is 0.224 e. The number of hydrogen-bond acceptors (Lipinski definition) is 4. The summed E-state index contributed by atoms with van der Waals surface area (Å²) in [6, 6.07) is 5.51. The Labute approximate surface area is 170 Å². The van der Waals surface area contributed by atoms with Crippen LogP contribution in [-0.4, -0.2) is 56.0 Å². The van der Waals surface area contributed by atoms with Crippen LogP contribution >= 0.6 is 35.6 Å². The van der Waals surface area contributed by atoms with Crippen molar-refractivity contribution in [2.24, 2.45) is 0 Å². The topological polar surface area (TPSA) is 50.8 Å². The maximum atomic E-state index is 12.6. The van der Waals surface area contributed by atoms with Gasteiger partial charge in [0, 0.05) is 24.9 Å². The highest BCUT2D eigenvalue weighted by Crippen LogP contribution is 2.37. The number of halogens is 3. The first-order valence-electron chi connectivity index (χ1n) is 8.56. The molecule has 146 valence electrons. The maximum absolute atomic E-state index is 12.6. The number of ether oxygens (including phenoxy) is 2. The third-order valence-corrected chi connectivity index (χ3v) is 5.73. The van der Waals surface area contributed by atoms with E-state index in [-0.39, 0.29) is 36.8 Å². The standard InChI is InChI=1S/C18H24Cl2N2O3.ClH/c1-22(2)16-5-6-18(24-7-8-25-18)11-15(16)21-17(23)10-12-3-4-13(19)14(20)9-12;/h3-4,9,15-16H,5-8,10-11H2,1-2H3,(H,21,23);1H. The first kappa shape index (κ1) is 21.7. The summed E-state index contributed by atoms with van der Waals surface area (Å²) in [6.45, 7) is 1.24. The number of rotatable bonds is 4. The van der Waals surface area contributed by atoms with E-state index in [1.54, 1.807) is 12.1 Å². The molecule has 1 N–H and O–H groups in total. The van der Waals surface area contributed by atoms with E-state index in [9.17, 15) is 4.79 Å². The van der Waals surface area contributed by atoms with Crippen LogP contribution in [0.15, 0.2) is 18.2 Å². The molecule has 0 radical (unpaired) electrons. The molecule has 2 atom stereocenters. The normalized spacial score (nSPS) is 24.5. The van der Waals surface area contributed by atoms with Gasteiger partial charge in [-0.05, 0) is 38.2 Å². The zero-order valence-corrected chi connectivity index (χ0v) is 17.3. The quantitative estimate of drug-likeness (QED) is 0.807. The van der Waals surface area contributed by atoms with Gasteiger partial charge in [0.25, 0.3) is 0 Å². The highest BCUT2D eigenvalue weighted by molar-refractivity contribution is 6.42. The largest absolute Gasteiger partial charge is 0.351 e. The van der Waals surface area contributed by atoms with Crippen LogP contribution in [0.5, 0.6) is 0 Å². The summed E-state index contributed by atoms with van der Waals surface area (Å²) < 4.78 is 11.7. The van der Waals surface area contributed by atoms with Crippen LogP contribution in [0.2, 0.25) is 10.0 Å². The van der Waals surface area contributed by atoms with Crippen molar-refractivity contribution in [2.45, 2.75) is 43.6 Å². The molecule has 1 saturated carbocycles. The lowest BCUT2D eigenvalue weighted by atomic mass is 9.84. The van der Waals surface area contributed by atoms with Crippen molar-refractivity contribution in [1.29, 1.82) is 0 Å². The molecule has 1 aromatic rings. The van der Waals surface area contributed by atoms with Crippen LogP contribution in [0, 0.1) is 0 Å². The highest BCUT2D eigenvalue weighted by Gasteiger charge is 2.46. The summed E-state index contributed by atoms with van der Waals surface area (Å²) in [6.07, 6.45) is 2.71. The molecule has 1 heterocycles. The number of likely N-dealkylation sites (N-methyl/N-ethyl adjacent to an activating group) is 1. The Morgan fingerprint density at radius 2 is 1.96 bits per heavy atom. The van der Waals surface area contributed by atoms with Gasteiger partial charge in [0.15, 0.2) is 5.79 Å². The SMILES string of the molecule is CN(C)C1CCC2(CC1NC(=O)Cc1ccc(Cl)c(Cl)c1)OCCO2.Cl. The van der Waals surface area contributed by atoms with E-state index in [1.807, 2.05) is 20.2 Å². The molecule has 5 nitrogen and oxygen atoms in total. The molecule has 1 spiro atoms. The van der Waals surface area contributed by atoms with Gasteiger partial charge >= 0.3 is 0 Å². The fraction of sp³-hybridized carbons (Fsp3) is 0.611. The van der Waals surface area contributed by atoms with Gasteiger partial charge in [-0.3, -0.25) is 4.79 Å². The Kier molecular flexibility index (Phi) is 7.60. The lowest BCUT2D eigenvalue weighted by Gasteiger charge is -2.43. The first-order valence-corrected chi connectivity index (χ1v) is 9.32. The van der Waals surface area contributed by atoms with Crippen molar-refractivity contribution < 1.29 is 14.3 Å². The summed E-state index contributed by atoms with van der Waals surface area (Å²) in [5.74, 6) is -0.570. The van der Waals surface area contributed by atoms with Gasteiger partial charge in [-0.15, -0.1) is 12.4 Å². The molecule has 1 saturated heterocycles. The van der Waals surface area contributed by atoms with Gasteiger partial charge in [-0.1, -0.05) is 29.3 Å². The van der Waals surface area contributed by atoms with Gasteiger partial charge in [-0.2, -0.15) is 0 Å². The molecule has 1 amide bonds. The van der Waals surface area contributed by atoms with Crippen LogP contribution in [0.25, 0.3) is 0 Å². The number of benzene rings is 1. The Balaban J connectivity index is 0.00000243. The smallest absolute Gasteiger partial charge is 0.224 e. The number of carbonyl (C=O) groups is 1. The Hall–Kier alpha value is -0.560. The molecular formula is C18H25Cl3N2O3. The Morgan fingerprint density at radius 3 is 2.58 bits per heavy atom. The summed E-state index contributed by atoms with van der Waals surface area (Å²) >= 11 is 12.0. The van der Waals surface area contributed by atoms with Crippen LogP contribution in [-0.2, 0) is 20.7 Å². The van der Waals surface area contributed by atoms with Gasteiger partial charge in [0.1, 0.15) is 0 Å². The number of hydrogen-bond donors (Lipinski definition) is 1. The minimum atomic E-state index is -0.534. The van der Waals surface area contributed by atoms with Crippen LogP contribution < -0.4 is 5.32 Å². The van der Waals surface area contributed by atoms with E-state index >= 15 is 0 Å². The van der Waals surface area contributed by atoms with Crippen molar-refractivity contribution >= 4 is 41.5 Å². The van der Waals surface area contributed by atoms with Gasteiger partial charge in [-0.25, -0.2) is 0 Å². The van der Waals surface area contributed by atoms with E-state index in [4.69, 9.17) is 32.7 Å². The van der Waals surface area contributed by atoms with Crippen molar-refractivity contribution in [3.63, 3.8) is 0 Å². The molecule has 3 rings (SSSR count). The molecule has 26 heavy (non-hydrogen) atoms. The molecule has 2 fully saturated rings. The molecule has 1 aliphatic carbocycles. The van der Waals surface area contributed by atoms with Gasteiger partial charge < -0.3 is 19.7 Å². The third-order valence-electron chi connectivity index (χ3n) is 4.99. The predicted octanol–water partition coefficient (Wildman–Crippen LogP) is 3.30.